The minimum absolute atomic E-state index is 0.0155. The van der Waals surface area contributed by atoms with Gasteiger partial charge in [0.05, 0.1) is 13.2 Å². The maximum absolute atomic E-state index is 7.03. The van der Waals surface area contributed by atoms with E-state index < -0.39 is 0 Å². The molecule has 0 saturated heterocycles. The normalized spacial score (nSPS) is 13.9. The monoisotopic (exact) mass is 789 g/mol. The second-order valence-corrected chi connectivity index (χ2v) is 18.3. The summed E-state index contributed by atoms with van der Waals surface area (Å²) in [5.41, 5.74) is 16.6. The first-order valence-electron chi connectivity index (χ1n) is 23.7. The third kappa shape index (κ3) is 8.53. The van der Waals surface area contributed by atoms with Gasteiger partial charge in [0, 0.05) is 16.5 Å². The molecular weight excluding hydrogens is 717 g/mol. The van der Waals surface area contributed by atoms with Crippen LogP contribution in [0.4, 0.5) is 0 Å². The largest absolute Gasteiger partial charge is 0.493 e. The fraction of sp³-hybridized carbons (Fsp3) is 0.474. The van der Waals surface area contributed by atoms with Crippen LogP contribution in [0.3, 0.4) is 0 Å². The topological polar surface area (TPSA) is 18.5 Å². The molecule has 59 heavy (non-hydrogen) atoms. The quantitative estimate of drug-likeness (QED) is 0.0731. The van der Waals surface area contributed by atoms with Crippen LogP contribution in [-0.2, 0) is 11.8 Å². The minimum atomic E-state index is 0.0155. The highest BCUT2D eigenvalue weighted by Gasteiger charge is 2.43. The van der Waals surface area contributed by atoms with Gasteiger partial charge in [-0.05, 0) is 135 Å². The van der Waals surface area contributed by atoms with Crippen molar-refractivity contribution in [2.45, 2.75) is 163 Å². The van der Waals surface area contributed by atoms with Crippen LogP contribution in [0.15, 0.2) is 78.9 Å². The summed E-state index contributed by atoms with van der Waals surface area (Å²) in [6.45, 7) is 19.9. The molecule has 0 spiro atoms. The Morgan fingerprint density at radius 1 is 0.576 bits per heavy atom. The lowest BCUT2D eigenvalue weighted by atomic mass is 9.70. The number of rotatable bonds is 20. The molecule has 2 aliphatic rings. The van der Waals surface area contributed by atoms with Gasteiger partial charge in [0.15, 0.2) is 0 Å². The van der Waals surface area contributed by atoms with Crippen molar-refractivity contribution in [3.63, 3.8) is 0 Å². The molecule has 0 aromatic heterocycles. The smallest absolute Gasteiger partial charge is 0.128 e. The van der Waals surface area contributed by atoms with Crippen molar-refractivity contribution in [1.82, 2.24) is 0 Å². The highest BCUT2D eigenvalue weighted by Crippen LogP contribution is 2.57. The minimum Gasteiger partial charge on any atom is -0.493 e. The zero-order chi connectivity index (χ0) is 41.5. The zero-order valence-corrected chi connectivity index (χ0v) is 37.9. The summed E-state index contributed by atoms with van der Waals surface area (Å²) in [4.78, 5) is 0. The summed E-state index contributed by atoms with van der Waals surface area (Å²) in [5, 5.41) is 2.52. The third-order valence-electron chi connectivity index (χ3n) is 13.5. The van der Waals surface area contributed by atoms with E-state index in [4.69, 9.17) is 9.47 Å². The van der Waals surface area contributed by atoms with E-state index in [0.717, 1.165) is 50.0 Å². The molecular formula is C57H72O2. The molecule has 0 atom stereocenters. The van der Waals surface area contributed by atoms with Crippen molar-refractivity contribution in [3.8, 4) is 44.9 Å². The lowest BCUT2D eigenvalue weighted by Gasteiger charge is -2.33. The molecule has 0 amide bonds. The van der Waals surface area contributed by atoms with Gasteiger partial charge in [-0.2, -0.15) is 0 Å². The molecule has 2 aliphatic carbocycles. The fourth-order valence-electron chi connectivity index (χ4n) is 10.2. The summed E-state index contributed by atoms with van der Waals surface area (Å²) < 4.78 is 13.9. The molecule has 0 radical (unpaired) electrons. The molecule has 0 heterocycles. The Kier molecular flexibility index (Phi) is 14.1. The number of hydrogen-bond acceptors (Lipinski definition) is 2. The molecule has 0 bridgehead atoms. The van der Waals surface area contributed by atoms with E-state index in [1.807, 2.05) is 0 Å². The van der Waals surface area contributed by atoms with Gasteiger partial charge in [-0.15, -0.1) is 0 Å². The Labute approximate surface area is 357 Å². The Morgan fingerprint density at radius 2 is 1.19 bits per heavy atom. The van der Waals surface area contributed by atoms with Crippen molar-refractivity contribution < 1.29 is 9.47 Å². The van der Waals surface area contributed by atoms with E-state index in [1.165, 1.54) is 123 Å². The van der Waals surface area contributed by atoms with E-state index in [2.05, 4.69) is 140 Å². The van der Waals surface area contributed by atoms with Gasteiger partial charge in [0.1, 0.15) is 11.5 Å². The van der Waals surface area contributed by atoms with E-state index in [0.29, 0.717) is 25.0 Å². The number of ether oxygens (including phenoxy) is 2. The Morgan fingerprint density at radius 3 is 1.81 bits per heavy atom. The van der Waals surface area contributed by atoms with E-state index >= 15 is 0 Å². The molecule has 0 unspecified atom stereocenters. The molecule has 2 heteroatoms. The molecule has 2 nitrogen and oxygen atoms in total. The lowest BCUT2D eigenvalue weighted by Crippen LogP contribution is -2.26. The number of unbranched alkanes of at least 4 members (excludes halogenated alkanes) is 6. The first-order valence-corrected chi connectivity index (χ1v) is 23.7. The van der Waals surface area contributed by atoms with Crippen molar-refractivity contribution >= 4 is 16.8 Å². The van der Waals surface area contributed by atoms with Gasteiger partial charge in [-0.1, -0.05) is 174 Å². The molecule has 0 N–H and O–H groups in total. The van der Waals surface area contributed by atoms with Crippen LogP contribution in [0.5, 0.6) is 11.5 Å². The summed E-state index contributed by atoms with van der Waals surface area (Å²) in [7, 11) is 0. The molecule has 0 saturated carbocycles. The van der Waals surface area contributed by atoms with Crippen molar-refractivity contribution in [2.24, 2.45) is 0 Å². The van der Waals surface area contributed by atoms with Crippen molar-refractivity contribution in [2.75, 3.05) is 13.2 Å². The fourth-order valence-corrected chi connectivity index (χ4v) is 10.2. The van der Waals surface area contributed by atoms with Crippen LogP contribution in [0.1, 0.15) is 184 Å². The number of fused-ring (bicyclic) bond motifs is 5. The summed E-state index contributed by atoms with van der Waals surface area (Å²) >= 11 is 0. The Hall–Kier alpha value is -4.30. The highest BCUT2D eigenvalue weighted by atomic mass is 16.5. The summed E-state index contributed by atoms with van der Waals surface area (Å²) in [6.07, 6.45) is 20.9. The molecule has 312 valence electrons. The summed E-state index contributed by atoms with van der Waals surface area (Å²) in [5.74, 6) is 2.88. The standard InChI is InChI=1S/C57H72O2/c1-9-13-21-31-57(32-22-14-10-2)51-35-41(39(5)6)27-29-45(51)46-30-28-42(36-52(46)57)50-38-54(59-34-16-12-4)56(48-26-20-18-24-44(48)50)55-47-25-19-17-23-43(47)49(40(7)8)37-53(55)58-33-15-11-3/h17-18,20,23-24,26-30,35-40H,9-16,19,21-22,25,31-34H2,1-8H3. The number of benzene rings is 5. The molecule has 7 rings (SSSR count). The van der Waals surface area contributed by atoms with Crippen LogP contribution < -0.4 is 9.47 Å². The van der Waals surface area contributed by atoms with Crippen molar-refractivity contribution in [1.29, 1.82) is 0 Å². The first kappa shape index (κ1) is 42.8. The van der Waals surface area contributed by atoms with Crippen LogP contribution in [0.2, 0.25) is 0 Å². The van der Waals surface area contributed by atoms with Crippen LogP contribution in [0.25, 0.3) is 50.2 Å². The lowest BCUT2D eigenvalue weighted by molar-refractivity contribution is 0.306. The van der Waals surface area contributed by atoms with E-state index in [9.17, 15) is 0 Å². The first-order chi connectivity index (χ1) is 28.8. The second kappa shape index (κ2) is 19.4. The van der Waals surface area contributed by atoms with Gasteiger partial charge < -0.3 is 9.47 Å². The van der Waals surface area contributed by atoms with Gasteiger partial charge in [0.25, 0.3) is 0 Å². The average Bonchev–Trinajstić information content (AvgIpc) is 3.51. The van der Waals surface area contributed by atoms with Gasteiger partial charge in [-0.3, -0.25) is 0 Å². The maximum atomic E-state index is 7.03. The van der Waals surface area contributed by atoms with Gasteiger partial charge in [0.2, 0.25) is 0 Å². The van der Waals surface area contributed by atoms with E-state index in [-0.39, 0.29) is 5.41 Å². The van der Waals surface area contributed by atoms with Crippen molar-refractivity contribution in [3.05, 3.63) is 112 Å². The molecule has 0 fully saturated rings. The third-order valence-corrected chi connectivity index (χ3v) is 13.5. The second-order valence-electron chi connectivity index (χ2n) is 18.3. The SMILES string of the molecule is CCCCCC1(CCCCC)c2cc(-c3cc(OCCCC)c(-c4c(OCCCC)cc(C(C)C)c5c4CCC=C5)c4ccccc34)ccc2-c2ccc(C(C)C)cc21. The number of hydrogen-bond donors (Lipinski definition) is 0. The van der Waals surface area contributed by atoms with Crippen LogP contribution >= 0.6 is 0 Å². The predicted molar refractivity (Wildman–Crippen MR) is 256 cm³/mol. The average molecular weight is 789 g/mol. The van der Waals surface area contributed by atoms with E-state index in [1.54, 1.807) is 5.56 Å². The van der Waals surface area contributed by atoms with Gasteiger partial charge in [-0.25, -0.2) is 0 Å². The zero-order valence-electron chi connectivity index (χ0n) is 37.9. The Balaban J connectivity index is 1.49. The number of allylic oxidation sites excluding steroid dienone is 1. The maximum Gasteiger partial charge on any atom is 0.128 e. The molecule has 5 aromatic carbocycles. The Bertz CT molecular complexity index is 2240. The van der Waals surface area contributed by atoms with Crippen LogP contribution in [-0.4, -0.2) is 13.2 Å². The molecule has 0 aliphatic heterocycles. The molecule has 5 aromatic rings. The van der Waals surface area contributed by atoms with Crippen LogP contribution in [0, 0.1) is 0 Å². The highest BCUT2D eigenvalue weighted by molar-refractivity contribution is 6.09. The predicted octanol–water partition coefficient (Wildman–Crippen LogP) is 17.2. The van der Waals surface area contributed by atoms with Gasteiger partial charge >= 0.3 is 0 Å². The summed E-state index contributed by atoms with van der Waals surface area (Å²) in [6, 6.07) is 28.8.